The number of hydrogen-bond donors (Lipinski definition) is 2. The molecule has 3 aromatic carbocycles. The lowest BCUT2D eigenvalue weighted by Gasteiger charge is -2.36. The van der Waals surface area contributed by atoms with Gasteiger partial charge >= 0.3 is 0 Å². The Morgan fingerprint density at radius 2 is 1.57 bits per heavy atom. The Kier molecular flexibility index (Phi) is 8.19. The van der Waals surface area contributed by atoms with E-state index in [9.17, 15) is 4.79 Å². The van der Waals surface area contributed by atoms with Gasteiger partial charge in [-0.2, -0.15) is 0 Å². The molecular weight excluding hydrogens is 460 g/mol. The quantitative estimate of drug-likeness (QED) is 0.249. The van der Waals surface area contributed by atoms with Crippen LogP contribution in [0, 0.1) is 5.41 Å². The molecule has 1 saturated heterocycles. The third-order valence-corrected chi connectivity index (χ3v) is 6.27. The number of piperazine rings is 1. The largest absolute Gasteiger partial charge is 0.449 e. The van der Waals surface area contributed by atoms with Crippen LogP contribution >= 0.6 is 11.6 Å². The van der Waals surface area contributed by atoms with E-state index < -0.39 is 5.91 Å². The average Bonchev–Trinajstić information content (AvgIpc) is 2.91. The standard InChI is InChI=1S/C28H29ClN4O2/c1-2-32-16-18-33(19-17-32)26(20-30)27(28(34)31-24-12-10-23(29)11-13-24)35-25-14-8-22(9-15-25)21-6-4-3-5-7-21/h3-15,20,30H,2,16-19H2,1H3,(H,31,34)/b27-26-,30-20?. The summed E-state index contributed by atoms with van der Waals surface area (Å²) in [5.41, 5.74) is 3.21. The Hall–Kier alpha value is -3.61. The average molecular weight is 489 g/mol. The van der Waals surface area contributed by atoms with Gasteiger partial charge in [0.15, 0.2) is 0 Å². The summed E-state index contributed by atoms with van der Waals surface area (Å²) >= 11 is 5.99. The number of carbonyl (C=O) groups excluding carboxylic acids is 1. The summed E-state index contributed by atoms with van der Waals surface area (Å²) in [7, 11) is 0. The van der Waals surface area contributed by atoms with Crippen molar-refractivity contribution in [1.29, 1.82) is 5.41 Å². The summed E-state index contributed by atoms with van der Waals surface area (Å²) in [4.78, 5) is 17.8. The van der Waals surface area contributed by atoms with Crippen LogP contribution in [0.4, 0.5) is 5.69 Å². The highest BCUT2D eigenvalue weighted by atomic mass is 35.5. The van der Waals surface area contributed by atoms with Gasteiger partial charge < -0.3 is 25.3 Å². The summed E-state index contributed by atoms with van der Waals surface area (Å²) in [6, 6.07) is 24.6. The molecule has 1 amide bonds. The van der Waals surface area contributed by atoms with Gasteiger partial charge in [-0.15, -0.1) is 0 Å². The number of likely N-dealkylation sites (N-methyl/N-ethyl adjacent to an activating group) is 1. The maximum atomic E-state index is 13.4. The van der Waals surface area contributed by atoms with Gasteiger partial charge in [0.1, 0.15) is 11.4 Å². The van der Waals surface area contributed by atoms with Crippen LogP contribution in [-0.2, 0) is 4.79 Å². The molecule has 1 heterocycles. The number of rotatable bonds is 8. The third kappa shape index (κ3) is 6.29. The van der Waals surface area contributed by atoms with Crippen molar-refractivity contribution >= 4 is 29.4 Å². The SMILES string of the molecule is CCN1CCN(/C(C=N)=C(\Oc2ccc(-c3ccccc3)cc2)C(=O)Nc2ccc(Cl)cc2)CC1. The fourth-order valence-electron chi connectivity index (χ4n) is 4.01. The molecule has 1 fully saturated rings. The van der Waals surface area contributed by atoms with Crippen molar-refractivity contribution in [2.45, 2.75) is 6.92 Å². The zero-order valence-electron chi connectivity index (χ0n) is 19.7. The number of hydrogen-bond acceptors (Lipinski definition) is 5. The minimum atomic E-state index is -0.420. The summed E-state index contributed by atoms with van der Waals surface area (Å²) in [5, 5.41) is 11.6. The van der Waals surface area contributed by atoms with Crippen molar-refractivity contribution < 1.29 is 9.53 Å². The third-order valence-electron chi connectivity index (χ3n) is 6.02. The first-order valence-electron chi connectivity index (χ1n) is 11.7. The number of amides is 1. The number of nitrogens with one attached hydrogen (secondary N) is 2. The van der Waals surface area contributed by atoms with E-state index in [0.29, 0.717) is 35.2 Å². The maximum absolute atomic E-state index is 13.4. The van der Waals surface area contributed by atoms with Gasteiger partial charge in [-0.1, -0.05) is 61.0 Å². The number of benzene rings is 3. The minimum absolute atomic E-state index is 0.0901. The number of carbonyl (C=O) groups is 1. The lowest BCUT2D eigenvalue weighted by atomic mass is 10.1. The Balaban J connectivity index is 1.62. The van der Waals surface area contributed by atoms with Crippen LogP contribution in [0.2, 0.25) is 5.02 Å². The molecule has 2 N–H and O–H groups in total. The van der Waals surface area contributed by atoms with E-state index >= 15 is 0 Å². The molecule has 7 heteroatoms. The maximum Gasteiger partial charge on any atom is 0.293 e. The minimum Gasteiger partial charge on any atom is -0.449 e. The molecule has 0 atom stereocenters. The molecule has 4 rings (SSSR count). The molecule has 1 aliphatic rings. The first kappa shape index (κ1) is 24.5. The first-order chi connectivity index (χ1) is 17.1. The van der Waals surface area contributed by atoms with E-state index in [2.05, 4.69) is 17.1 Å². The van der Waals surface area contributed by atoms with Gasteiger partial charge in [0, 0.05) is 43.1 Å². The highest BCUT2D eigenvalue weighted by Gasteiger charge is 2.25. The zero-order chi connectivity index (χ0) is 24.6. The summed E-state index contributed by atoms with van der Waals surface area (Å²) in [5.74, 6) is 0.195. The second-order valence-corrected chi connectivity index (χ2v) is 8.67. The fourth-order valence-corrected chi connectivity index (χ4v) is 4.13. The zero-order valence-corrected chi connectivity index (χ0v) is 20.5. The monoisotopic (exact) mass is 488 g/mol. The van der Waals surface area contributed by atoms with Gasteiger partial charge in [0.2, 0.25) is 5.76 Å². The fraction of sp³-hybridized carbons (Fsp3) is 0.214. The van der Waals surface area contributed by atoms with Crippen LogP contribution in [0.1, 0.15) is 6.92 Å². The second kappa shape index (κ2) is 11.7. The summed E-state index contributed by atoms with van der Waals surface area (Å²) in [6.45, 7) is 6.28. The van der Waals surface area contributed by atoms with E-state index in [4.69, 9.17) is 21.7 Å². The highest BCUT2D eigenvalue weighted by Crippen LogP contribution is 2.25. The molecule has 0 bridgehead atoms. The van der Waals surface area contributed by atoms with Crippen molar-refractivity contribution in [2.24, 2.45) is 0 Å². The molecule has 1 aliphatic heterocycles. The van der Waals surface area contributed by atoms with Crippen molar-refractivity contribution in [1.82, 2.24) is 9.80 Å². The molecule has 0 unspecified atom stereocenters. The normalized spacial score (nSPS) is 14.7. The number of anilines is 1. The molecule has 0 aromatic heterocycles. The predicted octanol–water partition coefficient (Wildman–Crippen LogP) is 5.52. The number of nitrogens with zero attached hydrogens (tertiary/aromatic N) is 2. The van der Waals surface area contributed by atoms with Crippen molar-refractivity contribution in [2.75, 3.05) is 38.0 Å². The van der Waals surface area contributed by atoms with Crippen LogP contribution in [-0.4, -0.2) is 54.6 Å². The molecule has 180 valence electrons. The van der Waals surface area contributed by atoms with E-state index in [-0.39, 0.29) is 5.76 Å². The second-order valence-electron chi connectivity index (χ2n) is 8.23. The van der Waals surface area contributed by atoms with Gasteiger partial charge in [-0.3, -0.25) is 4.79 Å². The van der Waals surface area contributed by atoms with Crippen LogP contribution < -0.4 is 10.1 Å². The Morgan fingerprint density at radius 3 is 2.17 bits per heavy atom. The van der Waals surface area contributed by atoms with Crippen molar-refractivity contribution in [3.63, 3.8) is 0 Å². The Bertz CT molecular complexity index is 1170. The van der Waals surface area contributed by atoms with Gasteiger partial charge in [-0.05, 0) is 54.1 Å². The first-order valence-corrected chi connectivity index (χ1v) is 12.1. The molecule has 0 aliphatic carbocycles. The van der Waals surface area contributed by atoms with Crippen LogP contribution in [0.3, 0.4) is 0 Å². The van der Waals surface area contributed by atoms with Crippen LogP contribution in [0.25, 0.3) is 11.1 Å². The molecule has 35 heavy (non-hydrogen) atoms. The molecule has 0 saturated carbocycles. The van der Waals surface area contributed by atoms with Gasteiger partial charge in [0.25, 0.3) is 5.91 Å². The molecule has 0 spiro atoms. The van der Waals surface area contributed by atoms with Crippen LogP contribution in [0.5, 0.6) is 5.75 Å². The molecule has 6 nitrogen and oxygen atoms in total. The summed E-state index contributed by atoms with van der Waals surface area (Å²) < 4.78 is 6.16. The topological polar surface area (TPSA) is 68.7 Å². The van der Waals surface area contributed by atoms with E-state index in [1.165, 1.54) is 6.21 Å². The lowest BCUT2D eigenvalue weighted by molar-refractivity contribution is -0.115. The Morgan fingerprint density at radius 1 is 0.943 bits per heavy atom. The van der Waals surface area contributed by atoms with Crippen molar-refractivity contribution in [3.8, 4) is 16.9 Å². The van der Waals surface area contributed by atoms with E-state index in [1.807, 2.05) is 59.5 Å². The Labute approximate surface area is 211 Å². The lowest BCUT2D eigenvalue weighted by Crippen LogP contribution is -2.46. The molecule has 0 radical (unpaired) electrons. The smallest absolute Gasteiger partial charge is 0.293 e. The highest BCUT2D eigenvalue weighted by molar-refractivity contribution is 6.30. The number of ether oxygens (including phenoxy) is 1. The van der Waals surface area contributed by atoms with Crippen molar-refractivity contribution in [3.05, 3.63) is 95.3 Å². The number of allylic oxidation sites excluding steroid dienone is 1. The summed E-state index contributed by atoms with van der Waals surface area (Å²) in [6.07, 6.45) is 1.21. The molecule has 3 aromatic rings. The van der Waals surface area contributed by atoms with E-state index in [1.54, 1.807) is 24.3 Å². The van der Waals surface area contributed by atoms with Crippen LogP contribution in [0.15, 0.2) is 90.3 Å². The van der Waals surface area contributed by atoms with Gasteiger partial charge in [0.05, 0.1) is 0 Å². The van der Waals surface area contributed by atoms with E-state index in [0.717, 1.165) is 30.8 Å². The predicted molar refractivity (Wildman–Crippen MR) is 142 cm³/mol. The number of halogens is 1. The molecular formula is C28H29ClN4O2. The van der Waals surface area contributed by atoms with Gasteiger partial charge in [-0.25, -0.2) is 0 Å².